The summed E-state index contributed by atoms with van der Waals surface area (Å²) in [6.45, 7) is 19.0. The fourth-order valence-corrected chi connectivity index (χ4v) is 3.63. The van der Waals surface area contributed by atoms with Gasteiger partial charge in [0.15, 0.2) is 0 Å². The summed E-state index contributed by atoms with van der Waals surface area (Å²) >= 11 is 0. The quantitative estimate of drug-likeness (QED) is 0.762. The summed E-state index contributed by atoms with van der Waals surface area (Å²) in [6.07, 6.45) is 2.81. The Bertz CT molecular complexity index is 333. The van der Waals surface area contributed by atoms with Crippen molar-refractivity contribution in [2.45, 2.75) is 66.0 Å². The lowest BCUT2D eigenvalue weighted by atomic mass is 9.81. The third kappa shape index (κ3) is 4.67. The van der Waals surface area contributed by atoms with E-state index in [0.717, 1.165) is 32.2 Å². The van der Waals surface area contributed by atoms with E-state index in [0.29, 0.717) is 22.9 Å². The normalized spacial score (nSPS) is 31.9. The predicted octanol–water partition coefficient (Wildman–Crippen LogP) is 3.15. The molecule has 1 aliphatic carbocycles. The Morgan fingerprint density at radius 1 is 1.29 bits per heavy atom. The van der Waals surface area contributed by atoms with Crippen molar-refractivity contribution in [1.29, 1.82) is 0 Å². The van der Waals surface area contributed by atoms with Gasteiger partial charge in [-0.25, -0.2) is 0 Å². The zero-order valence-electron chi connectivity index (χ0n) is 15.0. The van der Waals surface area contributed by atoms with Crippen molar-refractivity contribution in [3.05, 3.63) is 0 Å². The summed E-state index contributed by atoms with van der Waals surface area (Å²) in [7, 11) is 0. The maximum absolute atomic E-state index is 5.84. The molecular weight excluding hydrogens is 260 g/mol. The average molecular weight is 296 g/mol. The number of rotatable bonds is 6. The van der Waals surface area contributed by atoms with Crippen molar-refractivity contribution in [1.82, 2.24) is 10.2 Å². The Morgan fingerprint density at radius 3 is 2.48 bits per heavy atom. The molecule has 21 heavy (non-hydrogen) atoms. The Labute approximate surface area is 131 Å². The molecule has 2 fully saturated rings. The van der Waals surface area contributed by atoms with Crippen LogP contribution in [0.15, 0.2) is 0 Å². The van der Waals surface area contributed by atoms with E-state index in [9.17, 15) is 0 Å². The lowest BCUT2D eigenvalue weighted by Gasteiger charge is -2.51. The summed E-state index contributed by atoms with van der Waals surface area (Å²) < 4.78 is 5.84. The van der Waals surface area contributed by atoms with E-state index in [1.54, 1.807) is 0 Å². The Kier molecular flexibility index (Phi) is 5.38. The van der Waals surface area contributed by atoms with Gasteiger partial charge in [0.1, 0.15) is 0 Å². The van der Waals surface area contributed by atoms with Gasteiger partial charge in [0, 0.05) is 37.8 Å². The smallest absolute Gasteiger partial charge is 0.0593 e. The van der Waals surface area contributed by atoms with Crippen LogP contribution in [0.2, 0.25) is 0 Å². The van der Waals surface area contributed by atoms with Gasteiger partial charge in [0.25, 0.3) is 0 Å². The van der Waals surface area contributed by atoms with Crippen LogP contribution in [0.4, 0.5) is 0 Å². The van der Waals surface area contributed by atoms with Crippen LogP contribution in [0.1, 0.15) is 54.4 Å². The van der Waals surface area contributed by atoms with Gasteiger partial charge in [-0.1, -0.05) is 34.6 Å². The number of hydrogen-bond donors (Lipinski definition) is 1. The highest BCUT2D eigenvalue weighted by Crippen LogP contribution is 2.42. The molecule has 2 aliphatic rings. The lowest BCUT2D eigenvalue weighted by molar-refractivity contribution is -0.00378. The largest absolute Gasteiger partial charge is 0.380 e. The molecule has 0 spiro atoms. The average Bonchev–Trinajstić information content (AvgIpc) is 3.17. The molecule has 0 bridgehead atoms. The SMILES string of the molecule is CC(C)COCCN1CC(C)(C2CC2)NCC1C(C)(C)C. The summed E-state index contributed by atoms with van der Waals surface area (Å²) in [5.74, 6) is 1.51. The van der Waals surface area contributed by atoms with E-state index < -0.39 is 0 Å². The minimum atomic E-state index is 0.315. The molecular formula is C18H36N2O. The molecule has 2 atom stereocenters. The van der Waals surface area contributed by atoms with E-state index in [4.69, 9.17) is 4.74 Å². The van der Waals surface area contributed by atoms with Crippen LogP contribution in [0.25, 0.3) is 0 Å². The molecule has 2 rings (SSSR count). The van der Waals surface area contributed by atoms with Gasteiger partial charge in [0.2, 0.25) is 0 Å². The topological polar surface area (TPSA) is 24.5 Å². The van der Waals surface area contributed by atoms with Gasteiger partial charge in [-0.2, -0.15) is 0 Å². The van der Waals surface area contributed by atoms with Crippen molar-refractivity contribution < 1.29 is 4.74 Å². The van der Waals surface area contributed by atoms with Crippen LogP contribution in [0.3, 0.4) is 0 Å². The predicted molar refractivity (Wildman–Crippen MR) is 89.6 cm³/mol. The first-order chi connectivity index (χ1) is 9.72. The van der Waals surface area contributed by atoms with Crippen LogP contribution in [-0.4, -0.2) is 49.3 Å². The maximum atomic E-state index is 5.84. The minimum absolute atomic E-state index is 0.315. The standard InChI is InChI=1S/C18H36N2O/c1-14(2)12-21-10-9-20-13-18(6,15-7-8-15)19-11-16(20)17(3,4)5/h14-16,19H,7-13H2,1-6H3. The zero-order chi connectivity index (χ0) is 15.7. The summed E-state index contributed by atoms with van der Waals surface area (Å²) in [6, 6.07) is 0.604. The van der Waals surface area contributed by atoms with Gasteiger partial charge < -0.3 is 10.1 Å². The molecule has 1 N–H and O–H groups in total. The van der Waals surface area contributed by atoms with Crippen molar-refractivity contribution in [2.24, 2.45) is 17.3 Å². The Balaban J connectivity index is 1.92. The molecule has 1 saturated heterocycles. The molecule has 0 aromatic heterocycles. The molecule has 3 heteroatoms. The maximum Gasteiger partial charge on any atom is 0.0593 e. The lowest BCUT2D eigenvalue weighted by Crippen LogP contribution is -2.67. The van der Waals surface area contributed by atoms with Crippen molar-refractivity contribution in [3.8, 4) is 0 Å². The first-order valence-electron chi connectivity index (χ1n) is 8.79. The molecule has 124 valence electrons. The van der Waals surface area contributed by atoms with Crippen LogP contribution in [0, 0.1) is 17.3 Å². The number of piperazine rings is 1. The van der Waals surface area contributed by atoms with E-state index in [-0.39, 0.29) is 0 Å². The van der Waals surface area contributed by atoms with Gasteiger partial charge in [-0.3, -0.25) is 4.90 Å². The third-order valence-corrected chi connectivity index (χ3v) is 5.12. The van der Waals surface area contributed by atoms with Crippen molar-refractivity contribution in [2.75, 3.05) is 32.8 Å². The molecule has 0 radical (unpaired) electrons. The Hall–Kier alpha value is -0.120. The first kappa shape index (κ1) is 17.2. The molecule has 2 unspecified atom stereocenters. The highest BCUT2D eigenvalue weighted by Gasteiger charge is 2.47. The van der Waals surface area contributed by atoms with E-state index in [1.165, 1.54) is 19.4 Å². The number of ether oxygens (including phenoxy) is 1. The van der Waals surface area contributed by atoms with Crippen LogP contribution < -0.4 is 5.32 Å². The first-order valence-corrected chi connectivity index (χ1v) is 8.79. The molecule has 0 aromatic rings. The second kappa shape index (κ2) is 6.55. The van der Waals surface area contributed by atoms with Gasteiger partial charge >= 0.3 is 0 Å². The molecule has 0 amide bonds. The highest BCUT2D eigenvalue weighted by molar-refractivity contribution is 5.05. The number of nitrogens with one attached hydrogen (secondary N) is 1. The zero-order valence-corrected chi connectivity index (χ0v) is 15.0. The monoisotopic (exact) mass is 296 g/mol. The van der Waals surface area contributed by atoms with E-state index >= 15 is 0 Å². The molecule has 1 saturated carbocycles. The number of nitrogens with zero attached hydrogens (tertiary/aromatic N) is 1. The summed E-state index contributed by atoms with van der Waals surface area (Å²) in [5, 5.41) is 3.87. The highest BCUT2D eigenvalue weighted by atomic mass is 16.5. The van der Waals surface area contributed by atoms with Crippen molar-refractivity contribution >= 4 is 0 Å². The van der Waals surface area contributed by atoms with Crippen molar-refractivity contribution in [3.63, 3.8) is 0 Å². The fourth-order valence-electron chi connectivity index (χ4n) is 3.63. The van der Waals surface area contributed by atoms with E-state index in [2.05, 4.69) is 51.8 Å². The summed E-state index contributed by atoms with van der Waals surface area (Å²) in [4.78, 5) is 2.69. The minimum Gasteiger partial charge on any atom is -0.380 e. The molecule has 1 heterocycles. The fraction of sp³-hybridized carbons (Fsp3) is 1.00. The van der Waals surface area contributed by atoms with E-state index in [1.807, 2.05) is 0 Å². The summed E-state index contributed by atoms with van der Waals surface area (Å²) in [5.41, 5.74) is 0.635. The second-order valence-corrected chi connectivity index (χ2v) is 8.89. The van der Waals surface area contributed by atoms with Crippen LogP contribution in [0.5, 0.6) is 0 Å². The Morgan fingerprint density at radius 2 is 1.95 bits per heavy atom. The van der Waals surface area contributed by atoms with Gasteiger partial charge in [-0.15, -0.1) is 0 Å². The van der Waals surface area contributed by atoms with Crippen LogP contribution in [-0.2, 0) is 4.74 Å². The second-order valence-electron chi connectivity index (χ2n) is 8.89. The third-order valence-electron chi connectivity index (χ3n) is 5.12. The van der Waals surface area contributed by atoms with Gasteiger partial charge in [-0.05, 0) is 37.0 Å². The molecule has 3 nitrogen and oxygen atoms in total. The molecule has 0 aromatic carbocycles. The number of hydrogen-bond acceptors (Lipinski definition) is 3. The molecule has 1 aliphatic heterocycles. The van der Waals surface area contributed by atoms with Crippen LogP contribution >= 0.6 is 0 Å². The van der Waals surface area contributed by atoms with Gasteiger partial charge in [0.05, 0.1) is 6.61 Å².